The molecule has 0 saturated heterocycles. The molecule has 0 aromatic heterocycles. The average molecular weight is 1410 g/mol. The van der Waals surface area contributed by atoms with Gasteiger partial charge in [0.05, 0.1) is 26.4 Å². The lowest BCUT2D eigenvalue weighted by molar-refractivity contribution is -0.161. The summed E-state index contributed by atoms with van der Waals surface area (Å²) in [6.45, 7) is 4.93. The fourth-order valence-corrected chi connectivity index (χ4v) is 13.5. The van der Waals surface area contributed by atoms with Crippen molar-refractivity contribution in [3.05, 3.63) is 0 Å². The van der Waals surface area contributed by atoms with Gasteiger partial charge in [-0.1, -0.05) is 362 Å². The number of hydrogen-bond acceptors (Lipinski definition) is 15. The number of aliphatic hydroxyl groups excluding tert-OH is 1. The van der Waals surface area contributed by atoms with Crippen LogP contribution < -0.4 is 0 Å². The molecule has 0 aromatic carbocycles. The van der Waals surface area contributed by atoms with E-state index in [1.54, 1.807) is 0 Å². The highest BCUT2D eigenvalue weighted by Gasteiger charge is 2.30. The highest BCUT2D eigenvalue weighted by Crippen LogP contribution is 2.45. The zero-order valence-electron chi connectivity index (χ0n) is 62.4. The molecule has 3 N–H and O–H groups in total. The predicted octanol–water partition coefficient (Wildman–Crippen LogP) is 23.0. The van der Waals surface area contributed by atoms with Crippen molar-refractivity contribution in [1.29, 1.82) is 0 Å². The number of carbonyl (C=O) groups excluding carboxylic acids is 4. The Morgan fingerprint density at radius 1 is 0.250 bits per heavy atom. The van der Waals surface area contributed by atoms with E-state index in [2.05, 4.69) is 27.7 Å². The van der Waals surface area contributed by atoms with Crippen LogP contribution in [0.1, 0.15) is 413 Å². The molecule has 0 spiro atoms. The predicted molar refractivity (Wildman–Crippen MR) is 391 cm³/mol. The zero-order valence-corrected chi connectivity index (χ0v) is 64.1. The SMILES string of the molecule is CCCCCCCCCCCCCCCCCCCCCCC(=O)OC[C@H](COP(=O)(O)OC[C@@H](O)COP(=O)(O)OC[C@@H](COC(=O)CCCCCCCCC)OC(=O)CCCCCCCCCCC)OC(=O)CCCCCCCCCCCCCCCCCCCCCC. The first-order valence-electron chi connectivity index (χ1n) is 40.3. The number of carbonyl (C=O) groups is 4. The van der Waals surface area contributed by atoms with Gasteiger partial charge in [-0.15, -0.1) is 0 Å². The van der Waals surface area contributed by atoms with Gasteiger partial charge in [0.15, 0.2) is 12.2 Å². The lowest BCUT2D eigenvalue weighted by atomic mass is 10.0. The van der Waals surface area contributed by atoms with Gasteiger partial charge in [0.2, 0.25) is 0 Å². The second-order valence-electron chi connectivity index (χ2n) is 27.7. The minimum Gasteiger partial charge on any atom is -0.462 e. The van der Waals surface area contributed by atoms with E-state index in [0.29, 0.717) is 25.7 Å². The summed E-state index contributed by atoms with van der Waals surface area (Å²) < 4.78 is 68.3. The molecule has 5 atom stereocenters. The van der Waals surface area contributed by atoms with Crippen molar-refractivity contribution in [2.24, 2.45) is 0 Å². The zero-order chi connectivity index (χ0) is 70.4. The molecule has 96 heavy (non-hydrogen) atoms. The van der Waals surface area contributed by atoms with Crippen LogP contribution in [0.3, 0.4) is 0 Å². The third kappa shape index (κ3) is 70.5. The van der Waals surface area contributed by atoms with Crippen molar-refractivity contribution in [2.75, 3.05) is 39.6 Å². The molecule has 0 bridgehead atoms. The first-order chi connectivity index (χ1) is 46.7. The molecule has 0 heterocycles. The van der Waals surface area contributed by atoms with Gasteiger partial charge in [0, 0.05) is 25.7 Å². The number of rotatable bonds is 78. The Bertz CT molecular complexity index is 1830. The molecule has 0 aliphatic heterocycles. The van der Waals surface area contributed by atoms with E-state index in [0.717, 1.165) is 103 Å². The minimum atomic E-state index is -4.96. The first-order valence-corrected chi connectivity index (χ1v) is 43.3. The van der Waals surface area contributed by atoms with Crippen LogP contribution in [0.25, 0.3) is 0 Å². The number of phosphoric ester groups is 2. The Balaban J connectivity index is 5.12. The van der Waals surface area contributed by atoms with E-state index in [9.17, 15) is 43.2 Å². The normalized spacial score (nSPS) is 13.9. The minimum absolute atomic E-state index is 0.106. The molecule has 0 saturated carbocycles. The Morgan fingerprint density at radius 2 is 0.417 bits per heavy atom. The van der Waals surface area contributed by atoms with Gasteiger partial charge < -0.3 is 33.8 Å². The number of esters is 4. The highest BCUT2D eigenvalue weighted by atomic mass is 31.2. The number of aliphatic hydroxyl groups is 1. The number of phosphoric acid groups is 2. The fourth-order valence-electron chi connectivity index (χ4n) is 11.9. The highest BCUT2D eigenvalue weighted by molar-refractivity contribution is 7.47. The first kappa shape index (κ1) is 94.1. The van der Waals surface area contributed by atoms with Crippen molar-refractivity contribution in [2.45, 2.75) is 431 Å². The van der Waals surface area contributed by atoms with Crippen LogP contribution in [0.15, 0.2) is 0 Å². The molecular formula is C77H150O17P2. The lowest BCUT2D eigenvalue weighted by Gasteiger charge is -2.21. The molecule has 0 amide bonds. The molecule has 2 unspecified atom stereocenters. The van der Waals surface area contributed by atoms with E-state index in [-0.39, 0.29) is 25.7 Å². The maximum Gasteiger partial charge on any atom is 0.472 e. The summed E-state index contributed by atoms with van der Waals surface area (Å²) in [5, 5.41) is 10.6. The van der Waals surface area contributed by atoms with Crippen molar-refractivity contribution < 1.29 is 80.2 Å². The smallest absolute Gasteiger partial charge is 0.462 e. The van der Waals surface area contributed by atoms with Crippen molar-refractivity contribution in [1.82, 2.24) is 0 Å². The van der Waals surface area contributed by atoms with E-state index in [4.69, 9.17) is 37.0 Å². The third-order valence-electron chi connectivity index (χ3n) is 18.1. The molecular weight excluding hydrogens is 1260 g/mol. The summed E-state index contributed by atoms with van der Waals surface area (Å²) in [5.74, 6) is -2.12. The summed E-state index contributed by atoms with van der Waals surface area (Å²) in [4.78, 5) is 72.6. The van der Waals surface area contributed by atoms with Crippen LogP contribution in [0, 0.1) is 0 Å². The Morgan fingerprint density at radius 3 is 0.615 bits per heavy atom. The second kappa shape index (κ2) is 71.5. The van der Waals surface area contributed by atoms with Gasteiger partial charge in [-0.3, -0.25) is 37.3 Å². The molecule has 19 heteroatoms. The quantitative estimate of drug-likeness (QED) is 0.0222. The van der Waals surface area contributed by atoms with Crippen molar-refractivity contribution in [3.8, 4) is 0 Å². The molecule has 570 valence electrons. The Labute approximate surface area is 588 Å². The number of unbranched alkanes of at least 4 members (excludes halogenated alkanes) is 52. The van der Waals surface area contributed by atoms with Crippen molar-refractivity contribution >= 4 is 39.5 Å². The lowest BCUT2D eigenvalue weighted by Crippen LogP contribution is -2.30. The summed E-state index contributed by atoms with van der Waals surface area (Å²) in [6.07, 6.45) is 62.8. The molecule has 0 aliphatic rings. The van der Waals surface area contributed by atoms with E-state index in [1.807, 2.05) is 0 Å². The molecule has 0 aromatic rings. The van der Waals surface area contributed by atoms with Gasteiger partial charge >= 0.3 is 39.5 Å². The van der Waals surface area contributed by atoms with E-state index in [1.165, 1.54) is 231 Å². The van der Waals surface area contributed by atoms with Crippen LogP contribution >= 0.6 is 15.6 Å². The standard InChI is InChI=1S/C77H150O17P2/c1-5-9-13-17-21-24-26-28-30-32-34-36-38-40-42-44-47-50-54-58-62-75(80)88-68-73(94-77(82)64-60-56-52-48-45-43-41-39-37-35-33-31-29-27-25-22-18-14-10-6-2)70-92-96(85,86)90-66-71(78)65-89-95(83,84)91-69-72(67-87-74(79)61-57-53-49-20-16-12-8-4)93-76(81)63-59-55-51-46-23-19-15-11-7-3/h71-73,78H,5-70H2,1-4H3,(H,83,84)(H,85,86)/t71-,72+,73+/m0/s1. The summed E-state index contributed by atoms with van der Waals surface area (Å²) in [7, 11) is -9.90. The van der Waals surface area contributed by atoms with Crippen LogP contribution in [-0.2, 0) is 65.4 Å². The largest absolute Gasteiger partial charge is 0.472 e. The molecule has 0 fully saturated rings. The number of ether oxygens (including phenoxy) is 4. The van der Waals surface area contributed by atoms with Gasteiger partial charge in [0.25, 0.3) is 0 Å². The van der Waals surface area contributed by atoms with Crippen molar-refractivity contribution in [3.63, 3.8) is 0 Å². The van der Waals surface area contributed by atoms with E-state index >= 15 is 0 Å². The van der Waals surface area contributed by atoms with Gasteiger partial charge in [0.1, 0.15) is 19.3 Å². The topological polar surface area (TPSA) is 237 Å². The second-order valence-corrected chi connectivity index (χ2v) is 30.7. The summed E-state index contributed by atoms with van der Waals surface area (Å²) in [5.41, 5.74) is 0. The summed E-state index contributed by atoms with van der Waals surface area (Å²) >= 11 is 0. The Hall–Kier alpha value is -1.94. The molecule has 0 rings (SSSR count). The van der Waals surface area contributed by atoms with Crippen LogP contribution in [0.2, 0.25) is 0 Å². The molecule has 0 radical (unpaired) electrons. The monoisotopic (exact) mass is 1410 g/mol. The van der Waals surface area contributed by atoms with Gasteiger partial charge in [-0.25, -0.2) is 9.13 Å². The maximum atomic E-state index is 13.1. The number of hydrogen-bond donors (Lipinski definition) is 3. The van der Waals surface area contributed by atoms with Crippen LogP contribution in [0.4, 0.5) is 0 Å². The molecule has 17 nitrogen and oxygen atoms in total. The maximum absolute atomic E-state index is 13.1. The third-order valence-corrected chi connectivity index (χ3v) is 20.0. The fraction of sp³-hybridized carbons (Fsp3) is 0.948. The summed E-state index contributed by atoms with van der Waals surface area (Å²) in [6, 6.07) is 0. The Kier molecular flexibility index (Phi) is 70.0. The van der Waals surface area contributed by atoms with Gasteiger partial charge in [-0.2, -0.15) is 0 Å². The van der Waals surface area contributed by atoms with Crippen LogP contribution in [0.5, 0.6) is 0 Å². The van der Waals surface area contributed by atoms with Gasteiger partial charge in [-0.05, 0) is 25.7 Å². The van der Waals surface area contributed by atoms with Crippen LogP contribution in [-0.4, -0.2) is 96.7 Å². The van der Waals surface area contributed by atoms with E-state index < -0.39 is 97.5 Å². The average Bonchev–Trinajstić information content (AvgIpc) is 2.08. The molecule has 0 aliphatic carbocycles.